The highest BCUT2D eigenvalue weighted by Gasteiger charge is 2.69. The van der Waals surface area contributed by atoms with Crippen LogP contribution >= 0.6 is 0 Å². The van der Waals surface area contributed by atoms with E-state index in [1.807, 2.05) is 19.1 Å². The lowest BCUT2D eigenvalue weighted by Gasteiger charge is -2.60. The summed E-state index contributed by atoms with van der Waals surface area (Å²) in [4.78, 5) is 12.1. The van der Waals surface area contributed by atoms with E-state index in [0.717, 1.165) is 30.4 Å². The summed E-state index contributed by atoms with van der Waals surface area (Å²) in [6.07, 6.45) is 3.26. The van der Waals surface area contributed by atoms with Crippen LogP contribution in [0.3, 0.4) is 0 Å². The van der Waals surface area contributed by atoms with Crippen molar-refractivity contribution in [2.24, 2.45) is 23.7 Å². The van der Waals surface area contributed by atoms with Crippen LogP contribution in [-0.2, 0) is 19.2 Å². The van der Waals surface area contributed by atoms with Gasteiger partial charge in [0.15, 0.2) is 11.9 Å². The van der Waals surface area contributed by atoms with Gasteiger partial charge in [-0.1, -0.05) is 44.2 Å². The summed E-state index contributed by atoms with van der Waals surface area (Å²) in [5.74, 6) is 1.43. The summed E-state index contributed by atoms with van der Waals surface area (Å²) >= 11 is 0. The van der Waals surface area contributed by atoms with Gasteiger partial charge in [0, 0.05) is 18.3 Å². The van der Waals surface area contributed by atoms with E-state index in [-0.39, 0.29) is 18.1 Å². The maximum Gasteiger partial charge on any atom is 0.205 e. The molecule has 1 saturated carbocycles. The van der Waals surface area contributed by atoms with Crippen molar-refractivity contribution in [1.82, 2.24) is 0 Å². The molecule has 8 atom stereocenters. The van der Waals surface area contributed by atoms with Gasteiger partial charge in [0.25, 0.3) is 0 Å². The maximum absolute atomic E-state index is 6.52. The van der Waals surface area contributed by atoms with Gasteiger partial charge in [-0.25, -0.2) is 9.78 Å². The molecular formula is C25H30O5. The molecule has 4 saturated heterocycles. The zero-order valence-electron chi connectivity index (χ0n) is 17.9. The quantitative estimate of drug-likeness (QED) is 0.618. The Hall–Kier alpha value is -1.66. The third kappa shape index (κ3) is 2.69. The van der Waals surface area contributed by atoms with E-state index in [2.05, 4.69) is 44.2 Å². The van der Waals surface area contributed by atoms with Crippen LogP contribution in [-0.4, -0.2) is 24.0 Å². The minimum Gasteiger partial charge on any atom is -0.465 e. The second kappa shape index (κ2) is 6.67. The molecule has 5 aliphatic rings. The molecule has 4 heterocycles. The average molecular weight is 411 g/mol. The first-order valence-electron chi connectivity index (χ1n) is 11.3. The molecule has 2 bridgehead atoms. The molecule has 5 nitrogen and oxygen atoms in total. The Labute approximate surface area is 177 Å². The SMILES string of the molecule is C[C@H]1[C@H](Oc2ccc3ccccc3c2)O[C@@H]2O[C@]3(C)CC[C@H]4[C@H](C)CC[C@@H]1[C@@]24OO3. The molecule has 1 spiro atoms. The third-order valence-corrected chi connectivity index (χ3v) is 8.07. The summed E-state index contributed by atoms with van der Waals surface area (Å²) in [5, 5.41) is 2.36. The Morgan fingerprint density at radius 1 is 0.933 bits per heavy atom. The first kappa shape index (κ1) is 19.1. The molecule has 160 valence electrons. The van der Waals surface area contributed by atoms with Gasteiger partial charge in [-0.15, -0.1) is 0 Å². The van der Waals surface area contributed by atoms with Gasteiger partial charge in [0.1, 0.15) is 5.75 Å². The summed E-state index contributed by atoms with van der Waals surface area (Å²) in [5.41, 5.74) is -0.545. The van der Waals surface area contributed by atoms with Crippen LogP contribution in [0.4, 0.5) is 0 Å². The molecule has 0 unspecified atom stereocenters. The van der Waals surface area contributed by atoms with Gasteiger partial charge in [0.2, 0.25) is 12.1 Å². The highest BCUT2D eigenvalue weighted by Crippen LogP contribution is 2.60. The highest BCUT2D eigenvalue weighted by molar-refractivity contribution is 5.83. The van der Waals surface area contributed by atoms with Gasteiger partial charge in [0.05, 0.1) is 0 Å². The second-order valence-corrected chi connectivity index (χ2v) is 9.90. The van der Waals surface area contributed by atoms with E-state index < -0.39 is 17.7 Å². The van der Waals surface area contributed by atoms with Gasteiger partial charge in [-0.05, 0) is 60.9 Å². The summed E-state index contributed by atoms with van der Waals surface area (Å²) in [6.45, 7) is 6.51. The van der Waals surface area contributed by atoms with Crippen molar-refractivity contribution in [3.05, 3.63) is 42.5 Å². The Morgan fingerprint density at radius 3 is 2.63 bits per heavy atom. The number of ether oxygens (including phenoxy) is 3. The molecular weight excluding hydrogens is 380 g/mol. The van der Waals surface area contributed by atoms with Crippen LogP contribution < -0.4 is 4.74 Å². The second-order valence-electron chi connectivity index (χ2n) is 9.90. The summed E-state index contributed by atoms with van der Waals surface area (Å²) < 4.78 is 19.4. The zero-order chi connectivity index (χ0) is 20.5. The van der Waals surface area contributed by atoms with Crippen LogP contribution in [0.2, 0.25) is 0 Å². The molecule has 5 fully saturated rings. The lowest BCUT2D eigenvalue weighted by molar-refractivity contribution is -0.575. The fraction of sp³-hybridized carbons (Fsp3) is 0.600. The summed E-state index contributed by atoms with van der Waals surface area (Å²) in [6, 6.07) is 14.5. The van der Waals surface area contributed by atoms with Gasteiger partial charge in [-0.3, -0.25) is 0 Å². The predicted octanol–water partition coefficient (Wildman–Crippen LogP) is 5.43. The Bertz CT molecular complexity index is 961. The number of fused-ring (bicyclic) bond motifs is 3. The van der Waals surface area contributed by atoms with Crippen LogP contribution in [0.5, 0.6) is 5.75 Å². The number of benzene rings is 2. The van der Waals surface area contributed by atoms with E-state index in [0.29, 0.717) is 11.8 Å². The average Bonchev–Trinajstić information content (AvgIpc) is 2.98. The molecule has 0 N–H and O–H groups in total. The van der Waals surface area contributed by atoms with Crippen molar-refractivity contribution in [3.8, 4) is 5.75 Å². The number of rotatable bonds is 2. The fourth-order valence-electron chi connectivity index (χ4n) is 6.38. The van der Waals surface area contributed by atoms with Crippen LogP contribution in [0.25, 0.3) is 10.8 Å². The number of hydrogen-bond donors (Lipinski definition) is 0. The van der Waals surface area contributed by atoms with Crippen molar-refractivity contribution in [3.63, 3.8) is 0 Å². The van der Waals surface area contributed by atoms with E-state index >= 15 is 0 Å². The van der Waals surface area contributed by atoms with E-state index in [9.17, 15) is 0 Å². The first-order chi connectivity index (χ1) is 14.5. The minimum atomic E-state index is -0.758. The molecule has 5 heteroatoms. The van der Waals surface area contributed by atoms with Crippen molar-refractivity contribution in [2.45, 2.75) is 70.4 Å². The normalized spacial score (nSPS) is 45.0. The molecule has 2 aromatic carbocycles. The Balaban J connectivity index is 1.34. The molecule has 1 aliphatic carbocycles. The topological polar surface area (TPSA) is 46.2 Å². The highest BCUT2D eigenvalue weighted by atomic mass is 17.3. The minimum absolute atomic E-state index is 0.164. The van der Waals surface area contributed by atoms with Crippen molar-refractivity contribution in [2.75, 3.05) is 0 Å². The zero-order valence-corrected chi connectivity index (χ0v) is 17.9. The summed E-state index contributed by atoms with van der Waals surface area (Å²) in [7, 11) is 0. The monoisotopic (exact) mass is 410 g/mol. The first-order valence-corrected chi connectivity index (χ1v) is 11.3. The smallest absolute Gasteiger partial charge is 0.205 e. The largest absolute Gasteiger partial charge is 0.465 e. The molecule has 0 radical (unpaired) electrons. The third-order valence-electron chi connectivity index (χ3n) is 8.07. The van der Waals surface area contributed by atoms with Gasteiger partial charge in [-0.2, -0.15) is 0 Å². The van der Waals surface area contributed by atoms with Gasteiger partial charge >= 0.3 is 0 Å². The van der Waals surface area contributed by atoms with Crippen molar-refractivity contribution < 1.29 is 24.0 Å². The molecule has 7 rings (SSSR count). The maximum atomic E-state index is 6.52. The molecule has 4 aliphatic heterocycles. The van der Waals surface area contributed by atoms with E-state index in [4.69, 9.17) is 24.0 Å². The van der Waals surface area contributed by atoms with Crippen molar-refractivity contribution >= 4 is 10.8 Å². The predicted molar refractivity (Wildman–Crippen MR) is 111 cm³/mol. The van der Waals surface area contributed by atoms with Gasteiger partial charge < -0.3 is 14.2 Å². The van der Waals surface area contributed by atoms with Crippen LogP contribution in [0.1, 0.15) is 46.5 Å². The van der Waals surface area contributed by atoms with Crippen LogP contribution in [0.15, 0.2) is 42.5 Å². The lowest BCUT2D eigenvalue weighted by Crippen LogP contribution is -2.70. The Morgan fingerprint density at radius 2 is 1.77 bits per heavy atom. The number of hydrogen-bond acceptors (Lipinski definition) is 5. The van der Waals surface area contributed by atoms with Crippen molar-refractivity contribution in [1.29, 1.82) is 0 Å². The fourth-order valence-corrected chi connectivity index (χ4v) is 6.38. The Kier molecular flexibility index (Phi) is 4.24. The molecule has 2 aromatic rings. The molecule has 30 heavy (non-hydrogen) atoms. The van der Waals surface area contributed by atoms with E-state index in [1.54, 1.807) is 0 Å². The molecule has 0 amide bonds. The van der Waals surface area contributed by atoms with Crippen LogP contribution in [0, 0.1) is 23.7 Å². The lowest BCUT2D eigenvalue weighted by atomic mass is 9.58. The molecule has 0 aromatic heterocycles. The van der Waals surface area contributed by atoms with E-state index in [1.165, 1.54) is 11.8 Å². The standard InChI is InChI=1S/C25H30O5/c1-15-8-11-21-16(2)22(26-19-10-9-17-6-4-5-7-18(17)14-19)27-23-25(21)20(15)12-13-24(3,28-23)29-30-25/h4-7,9-10,14-16,20-23H,8,11-13H2,1-3H3/t15-,16-,20+,21+,22-,23-,24+,25-/m1/s1.